The third-order valence-electron chi connectivity index (χ3n) is 4.13. The topological polar surface area (TPSA) is 45.5 Å². The summed E-state index contributed by atoms with van der Waals surface area (Å²) in [6, 6.07) is 11.7. The molecule has 0 fully saturated rings. The first-order valence-corrected chi connectivity index (χ1v) is 8.38. The summed E-state index contributed by atoms with van der Waals surface area (Å²) in [7, 11) is 4.95. The number of hydrogen-bond acceptors (Lipinski definition) is 4. The normalized spacial score (nSPS) is 11.0. The molecular formula is C19H21ClN2O3. The van der Waals surface area contributed by atoms with Gasteiger partial charge in [-0.2, -0.15) is 0 Å². The van der Waals surface area contributed by atoms with Gasteiger partial charge >= 0.3 is 0 Å². The first-order chi connectivity index (χ1) is 12.2. The number of nitrogens with zero attached hydrogens (tertiary/aromatic N) is 2. The molecule has 5 nitrogen and oxygen atoms in total. The van der Waals surface area contributed by atoms with Crippen LogP contribution < -0.4 is 9.47 Å². The van der Waals surface area contributed by atoms with Gasteiger partial charge in [0, 0.05) is 18.7 Å². The highest BCUT2D eigenvalue weighted by Gasteiger charge is 2.12. The number of aryl methyl sites for hydroxylation is 2. The van der Waals surface area contributed by atoms with Gasteiger partial charge in [-0.15, -0.1) is 0 Å². The van der Waals surface area contributed by atoms with Crippen molar-refractivity contribution in [2.24, 2.45) is 0 Å². The van der Waals surface area contributed by atoms with Gasteiger partial charge in [0.05, 0.1) is 25.3 Å². The fourth-order valence-corrected chi connectivity index (χ4v) is 3.09. The highest BCUT2D eigenvalue weighted by Crippen LogP contribution is 2.28. The number of imidazole rings is 1. The Morgan fingerprint density at radius 2 is 1.80 bits per heavy atom. The van der Waals surface area contributed by atoms with Crippen LogP contribution in [0.2, 0.25) is 5.02 Å². The molecule has 3 aromatic rings. The minimum atomic E-state index is 0.457. The zero-order chi connectivity index (χ0) is 17.8. The van der Waals surface area contributed by atoms with E-state index in [9.17, 15) is 0 Å². The summed E-state index contributed by atoms with van der Waals surface area (Å²) in [5, 5.41) is 0.681. The van der Waals surface area contributed by atoms with Gasteiger partial charge in [0.2, 0.25) is 0 Å². The average Bonchev–Trinajstić information content (AvgIpc) is 2.96. The first-order valence-electron chi connectivity index (χ1n) is 8.00. The molecule has 6 heteroatoms. The van der Waals surface area contributed by atoms with Crippen LogP contribution in [-0.2, 0) is 24.3 Å². The predicted octanol–water partition coefficient (Wildman–Crippen LogP) is 4.10. The largest absolute Gasteiger partial charge is 0.493 e. The van der Waals surface area contributed by atoms with Gasteiger partial charge in [-0.25, -0.2) is 4.98 Å². The van der Waals surface area contributed by atoms with E-state index in [0.717, 1.165) is 46.9 Å². The molecule has 0 atom stereocenters. The highest BCUT2D eigenvalue weighted by molar-refractivity contribution is 6.31. The molecule has 0 radical (unpaired) electrons. The molecule has 0 aliphatic heterocycles. The summed E-state index contributed by atoms with van der Waals surface area (Å²) < 4.78 is 18.1. The zero-order valence-corrected chi connectivity index (χ0v) is 15.3. The molecule has 0 amide bonds. The molecule has 0 bridgehead atoms. The number of methoxy groups -OCH3 is 3. The Morgan fingerprint density at radius 3 is 2.52 bits per heavy atom. The van der Waals surface area contributed by atoms with E-state index in [4.69, 9.17) is 25.8 Å². The van der Waals surface area contributed by atoms with Crippen LogP contribution in [0.5, 0.6) is 11.5 Å². The van der Waals surface area contributed by atoms with Crippen LogP contribution in [0.1, 0.15) is 11.4 Å². The number of rotatable bonds is 7. The standard InChI is InChI=1S/C19H21ClN2O3/c1-23-12-19-21-15-11-14(20)5-6-16(15)22(19)9-8-13-4-7-17(24-2)18(10-13)25-3/h4-7,10-11H,8-9,12H2,1-3H3. The lowest BCUT2D eigenvalue weighted by Crippen LogP contribution is -2.07. The zero-order valence-electron chi connectivity index (χ0n) is 14.6. The lowest BCUT2D eigenvalue weighted by molar-refractivity contribution is 0.174. The fourth-order valence-electron chi connectivity index (χ4n) is 2.92. The Balaban J connectivity index is 1.88. The van der Waals surface area contributed by atoms with Gasteiger partial charge < -0.3 is 18.8 Å². The van der Waals surface area contributed by atoms with E-state index >= 15 is 0 Å². The SMILES string of the molecule is COCc1nc2cc(Cl)ccc2n1CCc1ccc(OC)c(OC)c1. The third kappa shape index (κ3) is 3.72. The fraction of sp³-hybridized carbons (Fsp3) is 0.316. The molecule has 3 rings (SSSR count). The summed E-state index contributed by atoms with van der Waals surface area (Å²) in [4.78, 5) is 4.65. The number of fused-ring (bicyclic) bond motifs is 1. The molecule has 1 aromatic heterocycles. The molecule has 0 saturated heterocycles. The second-order valence-electron chi connectivity index (χ2n) is 5.69. The van der Waals surface area contributed by atoms with Crippen LogP contribution in [0.15, 0.2) is 36.4 Å². The Labute approximate surface area is 152 Å². The van der Waals surface area contributed by atoms with Crippen molar-refractivity contribution in [2.45, 2.75) is 19.6 Å². The van der Waals surface area contributed by atoms with E-state index in [-0.39, 0.29) is 0 Å². The molecule has 0 aliphatic rings. The van der Waals surface area contributed by atoms with Crippen LogP contribution >= 0.6 is 11.6 Å². The number of hydrogen-bond donors (Lipinski definition) is 0. The maximum Gasteiger partial charge on any atom is 0.160 e. The van der Waals surface area contributed by atoms with Crippen molar-refractivity contribution in [1.82, 2.24) is 9.55 Å². The van der Waals surface area contributed by atoms with E-state index < -0.39 is 0 Å². The van der Waals surface area contributed by atoms with Crippen molar-refractivity contribution < 1.29 is 14.2 Å². The van der Waals surface area contributed by atoms with Crippen molar-refractivity contribution in [3.63, 3.8) is 0 Å². The van der Waals surface area contributed by atoms with Gasteiger partial charge in [0.1, 0.15) is 12.4 Å². The molecule has 0 saturated carbocycles. The molecule has 0 aliphatic carbocycles. The molecule has 25 heavy (non-hydrogen) atoms. The van der Waals surface area contributed by atoms with E-state index in [1.54, 1.807) is 21.3 Å². The Hall–Kier alpha value is -2.24. The Morgan fingerprint density at radius 1 is 1.00 bits per heavy atom. The minimum absolute atomic E-state index is 0.457. The van der Waals surface area contributed by atoms with E-state index in [1.165, 1.54) is 0 Å². The third-order valence-corrected chi connectivity index (χ3v) is 4.37. The quantitative estimate of drug-likeness (QED) is 0.636. The second kappa shape index (κ2) is 7.76. The molecule has 2 aromatic carbocycles. The maximum atomic E-state index is 6.09. The molecule has 1 heterocycles. The van der Waals surface area contributed by atoms with Crippen molar-refractivity contribution in [3.8, 4) is 11.5 Å². The minimum Gasteiger partial charge on any atom is -0.493 e. The van der Waals surface area contributed by atoms with Crippen LogP contribution in [0, 0.1) is 0 Å². The van der Waals surface area contributed by atoms with Gasteiger partial charge in [-0.3, -0.25) is 0 Å². The van der Waals surface area contributed by atoms with Gasteiger partial charge in [0.15, 0.2) is 11.5 Å². The molecule has 0 spiro atoms. The lowest BCUT2D eigenvalue weighted by Gasteiger charge is -2.12. The monoisotopic (exact) mass is 360 g/mol. The summed E-state index contributed by atoms with van der Waals surface area (Å²) in [5.41, 5.74) is 3.10. The summed E-state index contributed by atoms with van der Waals surface area (Å²) in [6.45, 7) is 1.24. The van der Waals surface area contributed by atoms with Gasteiger partial charge in [-0.05, 0) is 42.3 Å². The summed E-state index contributed by atoms with van der Waals surface area (Å²) >= 11 is 6.09. The molecule has 0 N–H and O–H groups in total. The predicted molar refractivity (Wildman–Crippen MR) is 98.7 cm³/mol. The van der Waals surface area contributed by atoms with Crippen molar-refractivity contribution in [3.05, 3.63) is 52.8 Å². The van der Waals surface area contributed by atoms with Gasteiger partial charge in [-0.1, -0.05) is 17.7 Å². The molecule has 132 valence electrons. The van der Waals surface area contributed by atoms with Crippen LogP contribution in [0.3, 0.4) is 0 Å². The van der Waals surface area contributed by atoms with Gasteiger partial charge in [0.25, 0.3) is 0 Å². The first kappa shape index (κ1) is 17.6. The number of aromatic nitrogens is 2. The number of ether oxygens (including phenoxy) is 3. The van der Waals surface area contributed by atoms with Crippen LogP contribution in [0.4, 0.5) is 0 Å². The Bertz CT molecular complexity index is 876. The van der Waals surface area contributed by atoms with Crippen molar-refractivity contribution in [1.29, 1.82) is 0 Å². The summed E-state index contributed by atoms with van der Waals surface area (Å²) in [6.07, 6.45) is 0.838. The van der Waals surface area contributed by atoms with Crippen LogP contribution in [0.25, 0.3) is 11.0 Å². The molecular weight excluding hydrogens is 340 g/mol. The van der Waals surface area contributed by atoms with E-state index in [1.807, 2.05) is 36.4 Å². The average molecular weight is 361 g/mol. The smallest absolute Gasteiger partial charge is 0.160 e. The van der Waals surface area contributed by atoms with Crippen LogP contribution in [-0.4, -0.2) is 30.9 Å². The van der Waals surface area contributed by atoms with E-state index in [2.05, 4.69) is 9.55 Å². The highest BCUT2D eigenvalue weighted by atomic mass is 35.5. The maximum absolute atomic E-state index is 6.09. The molecule has 0 unspecified atom stereocenters. The second-order valence-corrected chi connectivity index (χ2v) is 6.12. The lowest BCUT2D eigenvalue weighted by atomic mass is 10.1. The Kier molecular flexibility index (Phi) is 5.46. The van der Waals surface area contributed by atoms with E-state index in [0.29, 0.717) is 11.6 Å². The van der Waals surface area contributed by atoms with Crippen molar-refractivity contribution in [2.75, 3.05) is 21.3 Å². The number of halogens is 1. The van der Waals surface area contributed by atoms with Crippen molar-refractivity contribution >= 4 is 22.6 Å². The summed E-state index contributed by atoms with van der Waals surface area (Å²) in [5.74, 6) is 2.36. The number of benzene rings is 2.